The summed E-state index contributed by atoms with van der Waals surface area (Å²) in [6.45, 7) is 10.7. The second kappa shape index (κ2) is 10.5. The highest BCUT2D eigenvalue weighted by Gasteiger charge is 2.46. The zero-order chi connectivity index (χ0) is 30.7. The van der Waals surface area contributed by atoms with Crippen LogP contribution in [0.5, 0.6) is 0 Å². The Bertz CT molecular complexity index is 2150. The van der Waals surface area contributed by atoms with Crippen molar-refractivity contribution < 1.29 is 19.1 Å². The Morgan fingerprint density at radius 2 is 1.27 bits per heavy atom. The molecule has 0 fully saturated rings. The molecule has 0 amide bonds. The molecule has 0 radical (unpaired) electrons. The molecule has 0 aromatic heterocycles. The first-order chi connectivity index (χ1) is 21.2. The van der Waals surface area contributed by atoms with Gasteiger partial charge in [0, 0.05) is 15.6 Å². The number of halogens is 1. The molecule has 0 atom stereocenters. The Morgan fingerprint density at radius 1 is 0.659 bits per heavy atom. The second-order valence-corrected chi connectivity index (χ2v) is 12.5. The van der Waals surface area contributed by atoms with E-state index in [9.17, 15) is 9.59 Å². The van der Waals surface area contributed by atoms with E-state index < -0.39 is 17.4 Å². The second-order valence-electron chi connectivity index (χ2n) is 11.7. The third kappa shape index (κ3) is 4.26. The number of rotatable bonds is 7. The average Bonchev–Trinajstić information content (AvgIpc) is 3.30. The van der Waals surface area contributed by atoms with Crippen molar-refractivity contribution >= 4 is 60.2 Å². The molecule has 1 aliphatic carbocycles. The van der Waals surface area contributed by atoms with Crippen LogP contribution in [0.3, 0.4) is 0 Å². The van der Waals surface area contributed by atoms with Crippen molar-refractivity contribution in [2.75, 3.05) is 13.2 Å². The lowest BCUT2D eigenvalue weighted by atomic mass is 9.78. The number of benzene rings is 6. The topological polar surface area (TPSA) is 52.6 Å². The standard InChI is InChI=1S/C39H29BrO4/c1-22(2)37(41)43-20-39(21-44-38(42)23(3)4)32-11-6-5-10-27(32)28-15-14-26(18-33(28)39)31-19-34(40)30-17-13-25-9-7-8-24-12-16-29(31)36(30)35(24)25/h5-19H,1,3,20-21H2,2,4H3. The van der Waals surface area contributed by atoms with Gasteiger partial charge in [0.1, 0.15) is 13.2 Å². The first-order valence-electron chi connectivity index (χ1n) is 14.5. The Labute approximate surface area is 264 Å². The summed E-state index contributed by atoms with van der Waals surface area (Å²) in [6, 6.07) is 31.8. The smallest absolute Gasteiger partial charge is 0.333 e. The van der Waals surface area contributed by atoms with Gasteiger partial charge in [0.25, 0.3) is 0 Å². The Morgan fingerprint density at radius 3 is 1.93 bits per heavy atom. The van der Waals surface area contributed by atoms with Crippen LogP contribution >= 0.6 is 15.9 Å². The van der Waals surface area contributed by atoms with E-state index >= 15 is 0 Å². The Kier molecular flexibility index (Phi) is 6.67. The van der Waals surface area contributed by atoms with Crippen molar-refractivity contribution in [1.29, 1.82) is 0 Å². The summed E-state index contributed by atoms with van der Waals surface area (Å²) in [7, 11) is 0. The molecule has 0 heterocycles. The third-order valence-electron chi connectivity index (χ3n) is 8.77. The molecule has 44 heavy (non-hydrogen) atoms. The quantitative estimate of drug-likeness (QED) is 0.0990. The summed E-state index contributed by atoms with van der Waals surface area (Å²) in [4.78, 5) is 25.4. The van der Waals surface area contributed by atoms with E-state index in [1.807, 2.05) is 18.2 Å². The molecule has 7 rings (SSSR count). The maximum absolute atomic E-state index is 12.7. The van der Waals surface area contributed by atoms with E-state index in [4.69, 9.17) is 9.47 Å². The lowest BCUT2D eigenvalue weighted by molar-refractivity contribution is -0.144. The van der Waals surface area contributed by atoms with Gasteiger partial charge in [-0.2, -0.15) is 0 Å². The molecule has 0 unspecified atom stereocenters. The molecule has 6 aromatic rings. The normalized spacial score (nSPS) is 13.2. The summed E-state index contributed by atoms with van der Waals surface area (Å²) in [6.07, 6.45) is 0. The third-order valence-corrected chi connectivity index (χ3v) is 9.43. The summed E-state index contributed by atoms with van der Waals surface area (Å²) in [5, 5.41) is 7.17. The summed E-state index contributed by atoms with van der Waals surface area (Å²) in [5.74, 6) is -0.984. The van der Waals surface area contributed by atoms with Gasteiger partial charge in [0.15, 0.2) is 0 Å². The number of hydrogen-bond donors (Lipinski definition) is 0. The molecule has 0 saturated carbocycles. The van der Waals surface area contributed by atoms with Crippen molar-refractivity contribution in [1.82, 2.24) is 0 Å². The zero-order valence-corrected chi connectivity index (χ0v) is 26.1. The minimum absolute atomic E-state index is 0.0161. The van der Waals surface area contributed by atoms with Crippen molar-refractivity contribution in [3.05, 3.63) is 131 Å². The van der Waals surface area contributed by atoms with Crippen LogP contribution in [0, 0.1) is 0 Å². The van der Waals surface area contributed by atoms with Crippen LogP contribution in [0.15, 0.2) is 120 Å². The van der Waals surface area contributed by atoms with Gasteiger partial charge in [-0.3, -0.25) is 0 Å². The van der Waals surface area contributed by atoms with E-state index in [0.717, 1.165) is 48.6 Å². The number of hydrogen-bond acceptors (Lipinski definition) is 4. The molecule has 1 aliphatic rings. The number of carbonyl (C=O) groups excluding carboxylic acids is 2. The first kappa shape index (κ1) is 28.1. The molecule has 5 heteroatoms. The van der Waals surface area contributed by atoms with Gasteiger partial charge in [-0.25, -0.2) is 9.59 Å². The van der Waals surface area contributed by atoms with Crippen LogP contribution in [-0.2, 0) is 24.5 Å². The van der Waals surface area contributed by atoms with Crippen LogP contribution in [-0.4, -0.2) is 25.2 Å². The number of ether oxygens (including phenoxy) is 2. The zero-order valence-electron chi connectivity index (χ0n) is 24.5. The monoisotopic (exact) mass is 640 g/mol. The first-order valence-corrected chi connectivity index (χ1v) is 15.2. The van der Waals surface area contributed by atoms with Crippen LogP contribution in [0.1, 0.15) is 25.0 Å². The molecule has 6 aromatic carbocycles. The molecule has 0 spiro atoms. The van der Waals surface area contributed by atoms with Gasteiger partial charge < -0.3 is 9.47 Å². The number of carbonyl (C=O) groups is 2. The minimum atomic E-state index is -0.931. The van der Waals surface area contributed by atoms with E-state index in [2.05, 4.69) is 102 Å². The number of esters is 2. The van der Waals surface area contributed by atoms with E-state index in [1.165, 1.54) is 21.5 Å². The Balaban J connectivity index is 1.46. The summed E-state index contributed by atoms with van der Waals surface area (Å²) in [5.41, 5.74) is 5.66. The van der Waals surface area contributed by atoms with Crippen molar-refractivity contribution in [3.8, 4) is 22.3 Å². The molecular formula is C39H29BrO4. The average molecular weight is 642 g/mol. The van der Waals surface area contributed by atoms with Gasteiger partial charge >= 0.3 is 11.9 Å². The largest absolute Gasteiger partial charge is 0.461 e. The molecule has 216 valence electrons. The fourth-order valence-electron chi connectivity index (χ4n) is 6.63. The highest BCUT2D eigenvalue weighted by Crippen LogP contribution is 2.51. The van der Waals surface area contributed by atoms with Crippen molar-refractivity contribution in [3.63, 3.8) is 0 Å². The molecule has 4 nitrogen and oxygen atoms in total. The van der Waals surface area contributed by atoms with E-state index in [0.29, 0.717) is 11.1 Å². The summed E-state index contributed by atoms with van der Waals surface area (Å²) >= 11 is 3.87. The van der Waals surface area contributed by atoms with Gasteiger partial charge in [-0.15, -0.1) is 0 Å². The minimum Gasteiger partial charge on any atom is -0.461 e. The fourth-order valence-corrected chi connectivity index (χ4v) is 7.19. The molecule has 0 N–H and O–H groups in total. The van der Waals surface area contributed by atoms with Crippen LogP contribution in [0.25, 0.3) is 54.6 Å². The lowest BCUT2D eigenvalue weighted by Gasteiger charge is -2.31. The molecular weight excluding hydrogens is 612 g/mol. The van der Waals surface area contributed by atoms with Gasteiger partial charge in [0.05, 0.1) is 5.41 Å². The number of fused-ring (bicyclic) bond motifs is 3. The SMILES string of the molecule is C=C(C)C(=O)OCC1(COC(=O)C(=C)C)c2ccccc2-c2ccc(-c3cc(Br)c4ccc5cccc6ccc3c4c56)cc21. The lowest BCUT2D eigenvalue weighted by Crippen LogP contribution is -2.38. The maximum atomic E-state index is 12.7. The van der Waals surface area contributed by atoms with Crippen LogP contribution in [0.4, 0.5) is 0 Å². The van der Waals surface area contributed by atoms with Gasteiger partial charge in [-0.1, -0.05) is 108 Å². The van der Waals surface area contributed by atoms with Crippen LogP contribution < -0.4 is 0 Å². The predicted molar refractivity (Wildman–Crippen MR) is 181 cm³/mol. The van der Waals surface area contributed by atoms with Crippen LogP contribution in [0.2, 0.25) is 0 Å². The predicted octanol–water partition coefficient (Wildman–Crippen LogP) is 9.52. The van der Waals surface area contributed by atoms with E-state index in [-0.39, 0.29) is 13.2 Å². The van der Waals surface area contributed by atoms with Crippen molar-refractivity contribution in [2.24, 2.45) is 0 Å². The molecule has 0 aliphatic heterocycles. The van der Waals surface area contributed by atoms with Crippen molar-refractivity contribution in [2.45, 2.75) is 19.3 Å². The van der Waals surface area contributed by atoms with Gasteiger partial charge in [0.2, 0.25) is 0 Å². The fraction of sp³-hybridized carbons (Fsp3) is 0.128. The van der Waals surface area contributed by atoms with E-state index in [1.54, 1.807) is 13.8 Å². The Hall–Kier alpha value is -4.74. The van der Waals surface area contributed by atoms with Gasteiger partial charge in [-0.05, 0) is 91.7 Å². The highest BCUT2D eigenvalue weighted by molar-refractivity contribution is 9.10. The molecule has 0 saturated heterocycles. The molecule has 0 bridgehead atoms. The summed E-state index contributed by atoms with van der Waals surface area (Å²) < 4.78 is 12.7. The highest BCUT2D eigenvalue weighted by atomic mass is 79.9. The maximum Gasteiger partial charge on any atom is 0.333 e.